The summed E-state index contributed by atoms with van der Waals surface area (Å²) in [6.07, 6.45) is 0.252. The lowest BCUT2D eigenvalue weighted by Gasteiger charge is -2.11. The van der Waals surface area contributed by atoms with E-state index in [0.29, 0.717) is 19.0 Å². The fraction of sp³-hybridized carbons (Fsp3) is 0.292. The first-order chi connectivity index (χ1) is 15.6. The third kappa shape index (κ3) is 5.38. The van der Waals surface area contributed by atoms with E-state index in [1.165, 1.54) is 0 Å². The van der Waals surface area contributed by atoms with E-state index in [1.54, 1.807) is 23.6 Å². The average Bonchev–Trinajstić information content (AvgIpc) is 3.38. The van der Waals surface area contributed by atoms with Crippen molar-refractivity contribution < 1.29 is 14.3 Å². The first-order valence-electron chi connectivity index (χ1n) is 10.5. The van der Waals surface area contributed by atoms with Crippen LogP contribution in [-0.4, -0.2) is 41.9 Å². The number of fused-ring (bicyclic) bond motifs is 1. The van der Waals surface area contributed by atoms with E-state index < -0.39 is 0 Å². The Morgan fingerprint density at radius 3 is 2.53 bits per heavy atom. The minimum atomic E-state index is -0.164. The molecule has 0 saturated heterocycles. The molecule has 7 nitrogen and oxygen atoms in total. The van der Waals surface area contributed by atoms with Crippen LogP contribution in [0.2, 0.25) is 0 Å². The number of thioether (sulfide) groups is 1. The van der Waals surface area contributed by atoms with Gasteiger partial charge in [-0.25, -0.2) is 4.68 Å². The molecule has 3 aromatic rings. The molecule has 2 amide bonds. The van der Waals surface area contributed by atoms with Gasteiger partial charge in [-0.05, 0) is 16.7 Å². The smallest absolute Gasteiger partial charge is 0.241 e. The van der Waals surface area contributed by atoms with Crippen LogP contribution in [0.3, 0.4) is 0 Å². The summed E-state index contributed by atoms with van der Waals surface area (Å²) in [5.41, 5.74) is 5.12. The summed E-state index contributed by atoms with van der Waals surface area (Å²) in [6.45, 7) is 0.945. The molecule has 2 aromatic carbocycles. The Bertz CT molecular complexity index is 1080. The van der Waals surface area contributed by atoms with Gasteiger partial charge in [0.1, 0.15) is 12.4 Å². The zero-order valence-electron chi connectivity index (χ0n) is 18.0. The first-order valence-corrected chi connectivity index (χ1v) is 11.7. The summed E-state index contributed by atoms with van der Waals surface area (Å²) >= 11 is 1.75. The Balaban J connectivity index is 1.42. The highest BCUT2D eigenvalue weighted by molar-refractivity contribution is 7.98. The Hall–Kier alpha value is -3.10. The van der Waals surface area contributed by atoms with Gasteiger partial charge in [0.05, 0.1) is 18.7 Å². The van der Waals surface area contributed by atoms with E-state index in [4.69, 9.17) is 4.74 Å². The second kappa shape index (κ2) is 10.5. The zero-order chi connectivity index (χ0) is 22.3. The van der Waals surface area contributed by atoms with Gasteiger partial charge in [0.2, 0.25) is 11.8 Å². The molecule has 0 saturated carbocycles. The van der Waals surface area contributed by atoms with Crippen LogP contribution in [0.4, 0.5) is 5.82 Å². The van der Waals surface area contributed by atoms with Crippen molar-refractivity contribution in [3.63, 3.8) is 0 Å². The second-order valence-corrected chi connectivity index (χ2v) is 8.54. The number of carbonyl (C=O) groups excluding carboxylic acids is 2. The molecule has 166 valence electrons. The van der Waals surface area contributed by atoms with E-state index in [9.17, 15) is 9.59 Å². The SMILES string of the molecule is COCCNC(=O)Cn1nc2c(c1NC(=O)Cc1ccc(-c3ccccc3)cc1)CSC2. The number of hydrogen-bond acceptors (Lipinski definition) is 5. The van der Waals surface area contributed by atoms with Gasteiger partial charge in [0.15, 0.2) is 0 Å². The van der Waals surface area contributed by atoms with Crippen LogP contribution in [0.15, 0.2) is 54.6 Å². The Morgan fingerprint density at radius 1 is 1.03 bits per heavy atom. The molecular weight excluding hydrogens is 424 g/mol. The maximum absolute atomic E-state index is 12.8. The molecule has 0 bridgehead atoms. The van der Waals surface area contributed by atoms with Crippen LogP contribution in [0.5, 0.6) is 0 Å². The van der Waals surface area contributed by atoms with Crippen LogP contribution >= 0.6 is 11.8 Å². The quantitative estimate of drug-likeness (QED) is 0.489. The molecule has 0 unspecified atom stereocenters. The number of benzene rings is 2. The number of hydrogen-bond donors (Lipinski definition) is 2. The number of aromatic nitrogens is 2. The summed E-state index contributed by atoms with van der Waals surface area (Å²) in [5.74, 6) is 1.90. The van der Waals surface area contributed by atoms with Crippen molar-refractivity contribution in [2.24, 2.45) is 0 Å². The van der Waals surface area contributed by atoms with Gasteiger partial charge in [0.25, 0.3) is 0 Å². The third-order valence-electron chi connectivity index (χ3n) is 5.22. The van der Waals surface area contributed by atoms with Gasteiger partial charge in [-0.3, -0.25) is 9.59 Å². The van der Waals surface area contributed by atoms with E-state index in [1.807, 2.05) is 42.5 Å². The molecule has 2 heterocycles. The lowest BCUT2D eigenvalue weighted by atomic mass is 10.0. The lowest BCUT2D eigenvalue weighted by molar-refractivity contribution is -0.122. The Morgan fingerprint density at radius 2 is 1.78 bits per heavy atom. The summed E-state index contributed by atoms with van der Waals surface area (Å²) in [5, 5.41) is 10.3. The number of methoxy groups -OCH3 is 1. The predicted octanol–water partition coefficient (Wildman–Crippen LogP) is 3.24. The molecule has 4 rings (SSSR count). The Labute approximate surface area is 191 Å². The maximum atomic E-state index is 12.8. The van der Waals surface area contributed by atoms with Crippen LogP contribution in [0.1, 0.15) is 16.8 Å². The number of rotatable bonds is 9. The summed E-state index contributed by atoms with van der Waals surface area (Å²) in [6, 6.07) is 18.1. The molecule has 0 fully saturated rings. The van der Waals surface area contributed by atoms with Crippen molar-refractivity contribution in [2.75, 3.05) is 25.6 Å². The van der Waals surface area contributed by atoms with E-state index in [0.717, 1.165) is 39.5 Å². The molecule has 1 aliphatic heterocycles. The fourth-order valence-electron chi connectivity index (χ4n) is 3.61. The van der Waals surface area contributed by atoms with Gasteiger partial charge in [-0.1, -0.05) is 54.6 Å². The number of amides is 2. The minimum absolute atomic E-state index is 0.0583. The van der Waals surface area contributed by atoms with Gasteiger partial charge in [-0.2, -0.15) is 16.9 Å². The molecule has 0 spiro atoms. The third-order valence-corrected chi connectivity index (χ3v) is 6.19. The van der Waals surface area contributed by atoms with Crippen LogP contribution in [0.25, 0.3) is 11.1 Å². The summed E-state index contributed by atoms with van der Waals surface area (Å²) in [4.78, 5) is 25.1. The molecule has 1 aliphatic rings. The topological polar surface area (TPSA) is 85.2 Å². The molecule has 32 heavy (non-hydrogen) atoms. The summed E-state index contributed by atoms with van der Waals surface area (Å²) in [7, 11) is 1.59. The first kappa shape index (κ1) is 22.1. The number of anilines is 1. The molecule has 1 aromatic heterocycles. The Kier molecular flexibility index (Phi) is 7.24. The molecule has 0 aliphatic carbocycles. The van der Waals surface area contributed by atoms with Crippen LogP contribution in [0, 0.1) is 0 Å². The van der Waals surface area contributed by atoms with Crippen molar-refractivity contribution in [2.45, 2.75) is 24.5 Å². The molecular formula is C24H26N4O3S. The maximum Gasteiger partial charge on any atom is 0.241 e. The highest BCUT2D eigenvalue weighted by Crippen LogP contribution is 2.34. The number of nitrogens with zero attached hydrogens (tertiary/aromatic N) is 2. The number of carbonyl (C=O) groups is 2. The number of nitrogens with one attached hydrogen (secondary N) is 2. The van der Waals surface area contributed by atoms with Crippen molar-refractivity contribution in [1.82, 2.24) is 15.1 Å². The van der Waals surface area contributed by atoms with Gasteiger partial charge in [-0.15, -0.1) is 0 Å². The van der Waals surface area contributed by atoms with Gasteiger partial charge >= 0.3 is 0 Å². The van der Waals surface area contributed by atoms with Crippen molar-refractivity contribution >= 4 is 29.4 Å². The van der Waals surface area contributed by atoms with Crippen LogP contribution < -0.4 is 10.6 Å². The minimum Gasteiger partial charge on any atom is -0.383 e. The lowest BCUT2D eigenvalue weighted by Crippen LogP contribution is -2.31. The zero-order valence-corrected chi connectivity index (χ0v) is 18.8. The average molecular weight is 451 g/mol. The fourth-order valence-corrected chi connectivity index (χ4v) is 4.65. The van der Waals surface area contributed by atoms with Crippen molar-refractivity contribution in [3.05, 3.63) is 71.4 Å². The predicted molar refractivity (Wildman–Crippen MR) is 126 cm³/mol. The van der Waals surface area contributed by atoms with Crippen molar-refractivity contribution in [3.8, 4) is 11.1 Å². The van der Waals surface area contributed by atoms with E-state index in [2.05, 4.69) is 27.9 Å². The van der Waals surface area contributed by atoms with Crippen molar-refractivity contribution in [1.29, 1.82) is 0 Å². The molecule has 0 radical (unpaired) electrons. The molecule has 2 N–H and O–H groups in total. The van der Waals surface area contributed by atoms with E-state index >= 15 is 0 Å². The molecule has 8 heteroatoms. The summed E-state index contributed by atoms with van der Waals surface area (Å²) < 4.78 is 6.56. The second-order valence-electron chi connectivity index (χ2n) is 7.55. The standard InChI is InChI=1S/C24H26N4O3S/c1-31-12-11-25-23(30)14-28-24(20-15-32-16-21(20)27-28)26-22(29)13-17-7-9-19(10-8-17)18-5-3-2-4-6-18/h2-10H,11-16H2,1H3,(H,25,30)(H,26,29). The van der Waals surface area contributed by atoms with Gasteiger partial charge in [0, 0.05) is 30.7 Å². The number of ether oxygens (including phenoxy) is 1. The van der Waals surface area contributed by atoms with E-state index in [-0.39, 0.29) is 24.8 Å². The highest BCUT2D eigenvalue weighted by atomic mass is 32.2. The monoisotopic (exact) mass is 450 g/mol. The highest BCUT2D eigenvalue weighted by Gasteiger charge is 2.25. The normalized spacial score (nSPS) is 12.4. The molecule has 0 atom stereocenters. The van der Waals surface area contributed by atoms with Crippen LogP contribution in [-0.2, 0) is 38.8 Å². The van der Waals surface area contributed by atoms with Gasteiger partial charge < -0.3 is 15.4 Å². The largest absolute Gasteiger partial charge is 0.383 e.